The topological polar surface area (TPSA) is 87.7 Å². The maximum atomic E-state index is 12.7. The van der Waals surface area contributed by atoms with Crippen molar-refractivity contribution in [2.75, 3.05) is 7.11 Å². The number of hydrogen-bond acceptors (Lipinski definition) is 4. The molecule has 0 unspecified atom stereocenters. The third-order valence-electron chi connectivity index (χ3n) is 5.01. The molecule has 0 bridgehead atoms. The third-order valence-corrected chi connectivity index (χ3v) is 5.01. The van der Waals surface area contributed by atoms with Gasteiger partial charge in [0.05, 0.1) is 19.1 Å². The Bertz CT molecular complexity index is 605. The molecule has 0 aliphatic heterocycles. The predicted octanol–water partition coefficient (Wildman–Crippen LogP) is 2.71. The zero-order valence-electron chi connectivity index (χ0n) is 15.7. The van der Waals surface area contributed by atoms with Gasteiger partial charge in [0.25, 0.3) is 0 Å². The molecule has 1 aromatic carbocycles. The molecule has 0 saturated heterocycles. The van der Waals surface area contributed by atoms with Gasteiger partial charge < -0.3 is 20.5 Å². The number of carbonyl (C=O) groups is 2. The van der Waals surface area contributed by atoms with Crippen LogP contribution in [0, 0.1) is 5.92 Å². The highest BCUT2D eigenvalue weighted by Gasteiger charge is 2.34. The monoisotopic (exact) mass is 362 g/mol. The molecule has 0 heterocycles. The van der Waals surface area contributed by atoms with Crippen molar-refractivity contribution in [1.29, 1.82) is 0 Å². The van der Waals surface area contributed by atoms with Crippen molar-refractivity contribution in [1.82, 2.24) is 10.6 Å². The first-order valence-electron chi connectivity index (χ1n) is 9.44. The minimum absolute atomic E-state index is 0.0977. The zero-order chi connectivity index (χ0) is 18.9. The number of carboxylic acid groups (broad SMARTS) is 1. The summed E-state index contributed by atoms with van der Waals surface area (Å²) in [5.74, 6) is -0.597. The second-order valence-corrected chi connectivity index (χ2v) is 6.92. The summed E-state index contributed by atoms with van der Waals surface area (Å²) in [6.07, 6.45) is 4.90. The molecule has 1 aromatic rings. The summed E-state index contributed by atoms with van der Waals surface area (Å²) in [5, 5.41) is 15.6. The van der Waals surface area contributed by atoms with Gasteiger partial charge in [0.2, 0.25) is 5.91 Å². The van der Waals surface area contributed by atoms with Gasteiger partial charge in [-0.05, 0) is 37.0 Å². The summed E-state index contributed by atoms with van der Waals surface area (Å²) in [4.78, 5) is 24.1. The van der Waals surface area contributed by atoms with E-state index in [1.165, 1.54) is 0 Å². The second-order valence-electron chi connectivity index (χ2n) is 6.92. The van der Waals surface area contributed by atoms with Crippen LogP contribution in [0.2, 0.25) is 0 Å². The number of methoxy groups -OCH3 is 1. The summed E-state index contributed by atoms with van der Waals surface area (Å²) in [5.41, 5.74) is 1.04. The minimum atomic E-state index is -0.817. The number of unbranched alkanes of at least 4 members (excludes halogenated alkanes) is 1. The SMILES string of the molecule is CCCC[C@H](NCc1cccc(OC)c1)C(=O)N[C@H]1CCC[C@H]1C(=O)O. The molecule has 6 heteroatoms. The van der Waals surface area contributed by atoms with Crippen molar-refractivity contribution >= 4 is 11.9 Å². The lowest BCUT2D eigenvalue weighted by Gasteiger charge is -2.23. The van der Waals surface area contributed by atoms with Gasteiger partial charge >= 0.3 is 5.97 Å². The van der Waals surface area contributed by atoms with E-state index >= 15 is 0 Å². The molecular weight excluding hydrogens is 332 g/mol. The number of ether oxygens (including phenoxy) is 1. The molecule has 0 aromatic heterocycles. The smallest absolute Gasteiger partial charge is 0.308 e. The lowest BCUT2D eigenvalue weighted by molar-refractivity contribution is -0.142. The van der Waals surface area contributed by atoms with Gasteiger partial charge in [-0.1, -0.05) is 38.3 Å². The summed E-state index contributed by atoms with van der Waals surface area (Å²) in [6, 6.07) is 7.16. The molecule has 2 rings (SSSR count). The fraction of sp³-hybridized carbons (Fsp3) is 0.600. The molecule has 1 saturated carbocycles. The van der Waals surface area contributed by atoms with Crippen molar-refractivity contribution in [3.05, 3.63) is 29.8 Å². The lowest BCUT2D eigenvalue weighted by Crippen LogP contribution is -2.49. The summed E-state index contributed by atoms with van der Waals surface area (Å²) in [7, 11) is 1.63. The summed E-state index contributed by atoms with van der Waals surface area (Å²) in [6.45, 7) is 2.65. The van der Waals surface area contributed by atoms with Crippen LogP contribution < -0.4 is 15.4 Å². The van der Waals surface area contributed by atoms with Crippen LogP contribution in [0.5, 0.6) is 5.75 Å². The third kappa shape index (κ3) is 5.73. The van der Waals surface area contributed by atoms with Gasteiger partial charge in [-0.15, -0.1) is 0 Å². The van der Waals surface area contributed by atoms with Gasteiger partial charge in [-0.3, -0.25) is 9.59 Å². The Kier molecular flexibility index (Phi) is 7.91. The largest absolute Gasteiger partial charge is 0.497 e. The Morgan fingerprint density at radius 2 is 2.15 bits per heavy atom. The van der Waals surface area contributed by atoms with Crippen LogP contribution in [0.3, 0.4) is 0 Å². The molecule has 0 radical (unpaired) electrons. The van der Waals surface area contributed by atoms with Crippen LogP contribution in [0.25, 0.3) is 0 Å². The van der Waals surface area contributed by atoms with Crippen LogP contribution in [0.1, 0.15) is 51.0 Å². The first kappa shape index (κ1) is 20.2. The molecule has 3 atom stereocenters. The fourth-order valence-electron chi connectivity index (χ4n) is 3.47. The molecule has 1 amide bonds. The van der Waals surface area contributed by atoms with Crippen molar-refractivity contribution in [3.63, 3.8) is 0 Å². The van der Waals surface area contributed by atoms with E-state index in [0.29, 0.717) is 13.0 Å². The van der Waals surface area contributed by atoms with Crippen LogP contribution >= 0.6 is 0 Å². The molecule has 144 valence electrons. The number of carboxylic acids is 1. The predicted molar refractivity (Wildman–Crippen MR) is 100 cm³/mol. The van der Waals surface area contributed by atoms with Crippen molar-refractivity contribution < 1.29 is 19.4 Å². The number of hydrogen-bond donors (Lipinski definition) is 3. The normalized spacial score (nSPS) is 20.5. The van der Waals surface area contributed by atoms with E-state index in [0.717, 1.165) is 43.4 Å². The Morgan fingerprint density at radius 3 is 2.85 bits per heavy atom. The summed E-state index contributed by atoms with van der Waals surface area (Å²) >= 11 is 0. The molecular formula is C20H30N2O4. The highest BCUT2D eigenvalue weighted by atomic mass is 16.5. The highest BCUT2D eigenvalue weighted by molar-refractivity contribution is 5.83. The maximum Gasteiger partial charge on any atom is 0.308 e. The van der Waals surface area contributed by atoms with Crippen LogP contribution in [-0.4, -0.2) is 36.2 Å². The molecule has 6 nitrogen and oxygen atoms in total. The molecule has 0 spiro atoms. The number of carbonyl (C=O) groups excluding carboxylic acids is 1. The van der Waals surface area contributed by atoms with Gasteiger partial charge in [0.15, 0.2) is 0 Å². The first-order valence-corrected chi connectivity index (χ1v) is 9.44. The average Bonchev–Trinajstić information content (AvgIpc) is 3.10. The number of benzene rings is 1. The Hall–Kier alpha value is -2.08. The van der Waals surface area contributed by atoms with Crippen molar-refractivity contribution in [2.45, 2.75) is 64.1 Å². The van der Waals surface area contributed by atoms with Gasteiger partial charge in [0, 0.05) is 12.6 Å². The van der Waals surface area contributed by atoms with Crippen LogP contribution in [-0.2, 0) is 16.1 Å². The average molecular weight is 362 g/mol. The maximum absolute atomic E-state index is 12.7. The standard InChI is InChI=1S/C20H30N2O4/c1-3-4-10-18(21-13-14-7-5-8-15(12-14)26-2)19(23)22-17-11-6-9-16(17)20(24)25/h5,7-8,12,16-18,21H,3-4,6,9-11,13H2,1-2H3,(H,22,23)(H,24,25)/t16-,17+,18+/m1/s1. The minimum Gasteiger partial charge on any atom is -0.497 e. The molecule has 1 aliphatic rings. The van der Waals surface area contributed by atoms with E-state index in [-0.39, 0.29) is 18.0 Å². The second kappa shape index (κ2) is 10.2. The van der Waals surface area contributed by atoms with Crippen molar-refractivity contribution in [3.8, 4) is 5.75 Å². The number of aliphatic carboxylic acids is 1. The van der Waals surface area contributed by atoms with Crippen LogP contribution in [0.15, 0.2) is 24.3 Å². The Morgan fingerprint density at radius 1 is 1.35 bits per heavy atom. The quantitative estimate of drug-likeness (QED) is 0.596. The molecule has 26 heavy (non-hydrogen) atoms. The van der Waals surface area contributed by atoms with Gasteiger partial charge in [0.1, 0.15) is 5.75 Å². The van der Waals surface area contributed by atoms with E-state index < -0.39 is 11.9 Å². The van der Waals surface area contributed by atoms with E-state index in [1.54, 1.807) is 7.11 Å². The number of amides is 1. The van der Waals surface area contributed by atoms with E-state index in [4.69, 9.17) is 4.74 Å². The molecule has 1 aliphatic carbocycles. The molecule has 3 N–H and O–H groups in total. The fourth-order valence-corrected chi connectivity index (χ4v) is 3.47. The first-order chi connectivity index (χ1) is 12.5. The Balaban J connectivity index is 1.96. The Labute approximate surface area is 155 Å². The van der Waals surface area contributed by atoms with Gasteiger partial charge in [-0.2, -0.15) is 0 Å². The highest BCUT2D eigenvalue weighted by Crippen LogP contribution is 2.26. The van der Waals surface area contributed by atoms with Crippen LogP contribution in [0.4, 0.5) is 0 Å². The van der Waals surface area contributed by atoms with E-state index in [1.807, 2.05) is 24.3 Å². The van der Waals surface area contributed by atoms with E-state index in [9.17, 15) is 14.7 Å². The summed E-state index contributed by atoms with van der Waals surface area (Å²) < 4.78 is 5.23. The molecule has 1 fully saturated rings. The lowest BCUT2D eigenvalue weighted by atomic mass is 10.0. The van der Waals surface area contributed by atoms with Gasteiger partial charge in [-0.25, -0.2) is 0 Å². The van der Waals surface area contributed by atoms with Crippen molar-refractivity contribution in [2.24, 2.45) is 5.92 Å². The number of rotatable bonds is 10. The zero-order valence-corrected chi connectivity index (χ0v) is 15.7. The van der Waals surface area contributed by atoms with E-state index in [2.05, 4.69) is 17.6 Å². The number of nitrogens with one attached hydrogen (secondary N) is 2.